The molecule has 1 aliphatic rings. The van der Waals surface area contributed by atoms with E-state index in [0.29, 0.717) is 18.0 Å². The van der Waals surface area contributed by atoms with Crippen LogP contribution in [0.4, 0.5) is 0 Å². The fourth-order valence-corrected chi connectivity index (χ4v) is 3.33. The van der Waals surface area contributed by atoms with Crippen molar-refractivity contribution in [3.8, 4) is 0 Å². The third-order valence-corrected chi connectivity index (χ3v) is 4.74. The molecular weight excluding hydrogens is 230 g/mol. The second-order valence-electron chi connectivity index (χ2n) is 5.20. The van der Waals surface area contributed by atoms with Crippen molar-refractivity contribution in [2.45, 2.75) is 45.2 Å². The van der Waals surface area contributed by atoms with Crippen molar-refractivity contribution in [1.29, 1.82) is 0 Å². The number of nitrogens with one attached hydrogen (secondary N) is 1. The summed E-state index contributed by atoms with van der Waals surface area (Å²) in [6.07, 6.45) is 1.26. The molecule has 4 heteroatoms. The fraction of sp³-hybridized carbons (Fsp3) is 0.769. The molecule has 2 unspecified atom stereocenters. The highest BCUT2D eigenvalue weighted by Crippen LogP contribution is 2.31. The molecule has 0 bridgehead atoms. The molecule has 1 fully saturated rings. The van der Waals surface area contributed by atoms with Crippen LogP contribution in [0.25, 0.3) is 0 Å². The maximum Gasteiger partial charge on any atom is 0.0973 e. The lowest BCUT2D eigenvalue weighted by atomic mass is 10.1. The van der Waals surface area contributed by atoms with Gasteiger partial charge < -0.3 is 10.2 Å². The number of thiazole rings is 1. The molecule has 0 radical (unpaired) electrons. The molecule has 1 aromatic rings. The van der Waals surface area contributed by atoms with Gasteiger partial charge in [0.25, 0.3) is 0 Å². The largest absolute Gasteiger partial charge is 0.312 e. The van der Waals surface area contributed by atoms with Crippen LogP contribution in [0.1, 0.15) is 49.9 Å². The zero-order valence-corrected chi connectivity index (χ0v) is 12.0. The Kier molecular flexibility index (Phi) is 4.17. The van der Waals surface area contributed by atoms with Gasteiger partial charge in [-0.05, 0) is 40.8 Å². The van der Waals surface area contributed by atoms with E-state index < -0.39 is 0 Å². The van der Waals surface area contributed by atoms with Crippen molar-refractivity contribution in [3.05, 3.63) is 16.1 Å². The van der Waals surface area contributed by atoms with Crippen molar-refractivity contribution >= 4 is 11.3 Å². The van der Waals surface area contributed by atoms with Crippen LogP contribution in [0.15, 0.2) is 5.38 Å². The van der Waals surface area contributed by atoms with Gasteiger partial charge in [0.15, 0.2) is 0 Å². The molecule has 0 aromatic carbocycles. The van der Waals surface area contributed by atoms with E-state index in [9.17, 15) is 0 Å². The van der Waals surface area contributed by atoms with E-state index >= 15 is 0 Å². The summed E-state index contributed by atoms with van der Waals surface area (Å²) in [6.45, 7) is 9.11. The number of nitrogens with zero attached hydrogens (tertiary/aromatic N) is 2. The zero-order valence-electron chi connectivity index (χ0n) is 11.2. The summed E-state index contributed by atoms with van der Waals surface area (Å²) in [5, 5.41) is 6.77. The van der Waals surface area contributed by atoms with Gasteiger partial charge in [-0.15, -0.1) is 11.3 Å². The van der Waals surface area contributed by atoms with E-state index in [1.54, 1.807) is 0 Å². The van der Waals surface area contributed by atoms with Gasteiger partial charge >= 0.3 is 0 Å². The second kappa shape index (κ2) is 5.46. The minimum Gasteiger partial charge on any atom is -0.312 e. The Morgan fingerprint density at radius 3 is 2.82 bits per heavy atom. The van der Waals surface area contributed by atoms with E-state index in [1.807, 2.05) is 18.4 Å². The summed E-state index contributed by atoms with van der Waals surface area (Å²) < 4.78 is 0. The highest BCUT2D eigenvalue weighted by Gasteiger charge is 2.27. The summed E-state index contributed by atoms with van der Waals surface area (Å²) in [5.74, 6) is 0.653. The molecule has 1 N–H and O–H groups in total. The quantitative estimate of drug-likeness (QED) is 0.894. The third-order valence-electron chi connectivity index (χ3n) is 3.72. The summed E-state index contributed by atoms with van der Waals surface area (Å²) >= 11 is 1.83. The van der Waals surface area contributed by atoms with E-state index in [2.05, 4.69) is 36.4 Å². The van der Waals surface area contributed by atoms with E-state index in [4.69, 9.17) is 4.98 Å². The van der Waals surface area contributed by atoms with Crippen molar-refractivity contribution < 1.29 is 0 Å². The van der Waals surface area contributed by atoms with Crippen molar-refractivity contribution in [3.63, 3.8) is 0 Å². The summed E-state index contributed by atoms with van der Waals surface area (Å²) in [4.78, 5) is 7.33. The molecule has 2 atom stereocenters. The first-order valence-electron chi connectivity index (χ1n) is 6.48. The Morgan fingerprint density at radius 2 is 2.24 bits per heavy atom. The molecule has 1 aliphatic heterocycles. The minimum absolute atomic E-state index is 0.364. The highest BCUT2D eigenvalue weighted by molar-refractivity contribution is 7.09. The zero-order chi connectivity index (χ0) is 12.4. The molecule has 1 aromatic heterocycles. The number of rotatable bonds is 4. The average molecular weight is 253 g/mol. The molecule has 2 rings (SSSR count). The first-order valence-corrected chi connectivity index (χ1v) is 7.36. The van der Waals surface area contributed by atoms with E-state index in [-0.39, 0.29) is 0 Å². The Morgan fingerprint density at radius 1 is 1.47 bits per heavy atom. The average Bonchev–Trinajstić information content (AvgIpc) is 2.95. The molecule has 0 amide bonds. The molecule has 17 heavy (non-hydrogen) atoms. The molecule has 0 aliphatic carbocycles. The van der Waals surface area contributed by atoms with Gasteiger partial charge in [-0.2, -0.15) is 0 Å². The first-order chi connectivity index (χ1) is 8.11. The molecule has 0 spiro atoms. The lowest BCUT2D eigenvalue weighted by Gasteiger charge is -2.19. The van der Waals surface area contributed by atoms with Gasteiger partial charge in [-0.25, -0.2) is 4.98 Å². The Hall–Kier alpha value is -0.450. The van der Waals surface area contributed by atoms with E-state index in [0.717, 1.165) is 0 Å². The van der Waals surface area contributed by atoms with Crippen LogP contribution in [-0.2, 0) is 0 Å². The lowest BCUT2D eigenvalue weighted by Crippen LogP contribution is -2.27. The lowest BCUT2D eigenvalue weighted by molar-refractivity contribution is 0.272. The summed E-state index contributed by atoms with van der Waals surface area (Å²) in [6, 6.07) is 1.03. The molecule has 2 heterocycles. The van der Waals surface area contributed by atoms with Crippen LogP contribution in [0.3, 0.4) is 0 Å². The van der Waals surface area contributed by atoms with Crippen LogP contribution in [0.2, 0.25) is 0 Å². The van der Waals surface area contributed by atoms with Crippen LogP contribution in [-0.4, -0.2) is 36.1 Å². The number of likely N-dealkylation sites (tertiary alicyclic amines) is 1. The normalized spacial score (nSPS) is 23.5. The maximum absolute atomic E-state index is 4.79. The van der Waals surface area contributed by atoms with Gasteiger partial charge in [0.05, 0.1) is 10.7 Å². The SMILES string of the molecule is CNC(C)c1csc(C2CCN(C(C)C)C2)n1. The van der Waals surface area contributed by atoms with Crippen LogP contribution >= 0.6 is 11.3 Å². The topological polar surface area (TPSA) is 28.2 Å². The van der Waals surface area contributed by atoms with Gasteiger partial charge in [-0.3, -0.25) is 0 Å². The van der Waals surface area contributed by atoms with Crippen molar-refractivity contribution in [2.24, 2.45) is 0 Å². The monoisotopic (exact) mass is 253 g/mol. The van der Waals surface area contributed by atoms with Crippen LogP contribution in [0, 0.1) is 0 Å². The molecule has 3 nitrogen and oxygen atoms in total. The predicted octanol–water partition coefficient (Wildman–Crippen LogP) is 2.62. The standard InChI is InChI=1S/C13H23N3S/c1-9(2)16-6-5-11(7-16)13-15-12(8-17-13)10(3)14-4/h8-11,14H,5-7H2,1-4H3. The maximum atomic E-state index is 4.79. The highest BCUT2D eigenvalue weighted by atomic mass is 32.1. The fourth-order valence-electron chi connectivity index (χ4n) is 2.29. The third kappa shape index (κ3) is 2.87. The molecule has 0 saturated carbocycles. The van der Waals surface area contributed by atoms with Gasteiger partial charge in [0.1, 0.15) is 0 Å². The summed E-state index contributed by atoms with van der Waals surface area (Å²) in [5.41, 5.74) is 1.19. The number of aromatic nitrogens is 1. The van der Waals surface area contributed by atoms with Gasteiger partial charge in [0.2, 0.25) is 0 Å². The van der Waals surface area contributed by atoms with Crippen LogP contribution < -0.4 is 5.32 Å². The van der Waals surface area contributed by atoms with Gasteiger partial charge in [-0.1, -0.05) is 0 Å². The molecular formula is C13H23N3S. The Bertz CT molecular complexity index is 361. The van der Waals surface area contributed by atoms with Gasteiger partial charge in [0, 0.05) is 29.9 Å². The Labute approximate surface area is 108 Å². The van der Waals surface area contributed by atoms with Crippen molar-refractivity contribution in [1.82, 2.24) is 15.2 Å². The smallest absolute Gasteiger partial charge is 0.0973 e. The number of hydrogen-bond donors (Lipinski definition) is 1. The predicted molar refractivity (Wildman–Crippen MR) is 73.7 cm³/mol. The van der Waals surface area contributed by atoms with Crippen molar-refractivity contribution in [2.75, 3.05) is 20.1 Å². The number of hydrogen-bond acceptors (Lipinski definition) is 4. The molecule has 96 valence electrons. The summed E-state index contributed by atoms with van der Waals surface area (Å²) in [7, 11) is 1.99. The minimum atomic E-state index is 0.364. The molecule has 1 saturated heterocycles. The van der Waals surface area contributed by atoms with Crippen LogP contribution in [0.5, 0.6) is 0 Å². The van der Waals surface area contributed by atoms with E-state index in [1.165, 1.54) is 30.2 Å². The second-order valence-corrected chi connectivity index (χ2v) is 6.08. The Balaban J connectivity index is 2.02. The first kappa shape index (κ1) is 13.0.